The monoisotopic (exact) mass is 351 g/mol. The number of aromatic nitrogens is 1. The first kappa shape index (κ1) is 16.8. The lowest BCUT2D eigenvalue weighted by Gasteiger charge is -2.13. The molecule has 0 fully saturated rings. The molecule has 0 unspecified atom stereocenters. The van der Waals surface area contributed by atoms with Gasteiger partial charge in [0.1, 0.15) is 28.9 Å². The van der Waals surface area contributed by atoms with Crippen LogP contribution in [0.4, 0.5) is 5.82 Å². The van der Waals surface area contributed by atoms with E-state index in [1.54, 1.807) is 25.6 Å². The van der Waals surface area contributed by atoms with E-state index in [4.69, 9.17) is 15.2 Å². The third kappa shape index (κ3) is 3.14. The number of nitrogens with zero attached hydrogens (tertiary/aromatic N) is 2. The average molecular weight is 351 g/mol. The third-order valence-electron chi connectivity index (χ3n) is 3.85. The second-order valence-corrected chi connectivity index (χ2v) is 6.69. The van der Waals surface area contributed by atoms with Gasteiger partial charge in [-0.15, -0.1) is 11.3 Å². The highest BCUT2D eigenvalue weighted by molar-refractivity contribution is 7.15. The highest BCUT2D eigenvalue weighted by atomic mass is 32.1. The Balaban J connectivity index is 2.26. The maximum Gasteiger partial charge on any atom is 0.142 e. The van der Waals surface area contributed by atoms with E-state index < -0.39 is 0 Å². The Morgan fingerprint density at radius 1 is 1.08 bits per heavy atom. The van der Waals surface area contributed by atoms with Gasteiger partial charge in [0.25, 0.3) is 0 Å². The van der Waals surface area contributed by atoms with Gasteiger partial charge in [0.2, 0.25) is 0 Å². The van der Waals surface area contributed by atoms with Crippen LogP contribution in [0.2, 0.25) is 0 Å². The molecule has 0 bridgehead atoms. The van der Waals surface area contributed by atoms with Gasteiger partial charge in [0, 0.05) is 20.9 Å². The van der Waals surface area contributed by atoms with Crippen LogP contribution in [-0.4, -0.2) is 19.2 Å². The van der Waals surface area contributed by atoms with Crippen molar-refractivity contribution >= 4 is 17.2 Å². The number of pyridine rings is 1. The SMILES string of the molecule is COc1ccc(OC)c(-c2cc(-c3ccc(C)s3)c(C#N)c(N)n2)c1. The van der Waals surface area contributed by atoms with Crippen molar-refractivity contribution in [1.82, 2.24) is 4.98 Å². The molecular formula is C19H17N3O2S. The lowest BCUT2D eigenvalue weighted by Crippen LogP contribution is -2.00. The van der Waals surface area contributed by atoms with Crippen LogP contribution < -0.4 is 15.2 Å². The summed E-state index contributed by atoms with van der Waals surface area (Å²) in [6, 6.07) is 13.5. The molecule has 0 aliphatic rings. The molecular weight excluding hydrogens is 334 g/mol. The molecule has 0 atom stereocenters. The maximum absolute atomic E-state index is 9.50. The number of methoxy groups -OCH3 is 2. The van der Waals surface area contributed by atoms with E-state index >= 15 is 0 Å². The average Bonchev–Trinajstić information content (AvgIpc) is 3.06. The zero-order valence-corrected chi connectivity index (χ0v) is 15.0. The summed E-state index contributed by atoms with van der Waals surface area (Å²) in [7, 11) is 3.20. The number of aryl methyl sites for hydroxylation is 1. The van der Waals surface area contributed by atoms with Crippen LogP contribution in [0, 0.1) is 18.3 Å². The van der Waals surface area contributed by atoms with Crippen molar-refractivity contribution in [3.63, 3.8) is 0 Å². The van der Waals surface area contributed by atoms with Crippen molar-refractivity contribution in [3.8, 4) is 39.3 Å². The van der Waals surface area contributed by atoms with Gasteiger partial charge in [0.15, 0.2) is 0 Å². The van der Waals surface area contributed by atoms with E-state index in [-0.39, 0.29) is 5.82 Å². The second kappa shape index (κ2) is 6.83. The third-order valence-corrected chi connectivity index (χ3v) is 4.88. The lowest BCUT2D eigenvalue weighted by molar-refractivity contribution is 0.404. The highest BCUT2D eigenvalue weighted by Crippen LogP contribution is 2.38. The number of ether oxygens (including phenoxy) is 2. The minimum atomic E-state index is 0.200. The number of nitrogens with two attached hydrogens (primary N) is 1. The van der Waals surface area contributed by atoms with Crippen LogP contribution in [0.25, 0.3) is 21.7 Å². The number of hydrogen-bond acceptors (Lipinski definition) is 6. The number of anilines is 1. The summed E-state index contributed by atoms with van der Waals surface area (Å²) in [5.41, 5.74) is 8.62. The van der Waals surface area contributed by atoms with Crippen LogP contribution in [0.1, 0.15) is 10.4 Å². The van der Waals surface area contributed by atoms with Gasteiger partial charge in [0.05, 0.1) is 19.9 Å². The van der Waals surface area contributed by atoms with Gasteiger partial charge in [-0.05, 0) is 43.3 Å². The molecule has 2 heterocycles. The fourth-order valence-electron chi connectivity index (χ4n) is 2.61. The standard InChI is InChI=1S/C19H17N3O2S/c1-11-4-7-18(25-11)13-9-16(22-19(21)15(13)10-20)14-8-12(23-2)5-6-17(14)24-3/h4-9H,1-3H3,(H2,21,22). The first-order valence-corrected chi connectivity index (χ1v) is 8.39. The Morgan fingerprint density at radius 2 is 1.88 bits per heavy atom. The van der Waals surface area contributed by atoms with Crippen LogP contribution in [0.5, 0.6) is 11.5 Å². The Morgan fingerprint density at radius 3 is 2.48 bits per heavy atom. The molecule has 1 aromatic carbocycles. The molecule has 0 saturated carbocycles. The van der Waals surface area contributed by atoms with Crippen molar-refractivity contribution in [3.05, 3.63) is 46.8 Å². The largest absolute Gasteiger partial charge is 0.497 e. The predicted octanol–water partition coefficient (Wildman–Crippen LogP) is 4.26. The van der Waals surface area contributed by atoms with Crippen molar-refractivity contribution in [2.75, 3.05) is 20.0 Å². The minimum absolute atomic E-state index is 0.200. The molecule has 3 rings (SSSR count). The van der Waals surface area contributed by atoms with E-state index in [1.807, 2.05) is 43.3 Å². The molecule has 0 radical (unpaired) electrons. The molecule has 3 aromatic rings. The Bertz CT molecular complexity index is 973. The Labute approximate surface area is 150 Å². The fourth-order valence-corrected chi connectivity index (χ4v) is 3.50. The molecule has 0 aliphatic heterocycles. The zero-order chi connectivity index (χ0) is 18.0. The second-order valence-electron chi connectivity index (χ2n) is 5.40. The number of benzene rings is 1. The molecule has 126 valence electrons. The van der Waals surface area contributed by atoms with E-state index in [0.29, 0.717) is 22.8 Å². The summed E-state index contributed by atoms with van der Waals surface area (Å²) >= 11 is 1.61. The molecule has 2 aromatic heterocycles. The summed E-state index contributed by atoms with van der Waals surface area (Å²) < 4.78 is 10.8. The van der Waals surface area contributed by atoms with Crippen molar-refractivity contribution in [1.29, 1.82) is 5.26 Å². The van der Waals surface area contributed by atoms with Crippen LogP contribution in [-0.2, 0) is 0 Å². The molecule has 5 nitrogen and oxygen atoms in total. The summed E-state index contributed by atoms with van der Waals surface area (Å²) in [6.45, 7) is 2.02. The van der Waals surface area contributed by atoms with Gasteiger partial charge >= 0.3 is 0 Å². The van der Waals surface area contributed by atoms with Crippen LogP contribution >= 0.6 is 11.3 Å². The number of nitriles is 1. The number of rotatable bonds is 4. The van der Waals surface area contributed by atoms with Gasteiger partial charge in [-0.25, -0.2) is 4.98 Å². The normalized spacial score (nSPS) is 10.3. The highest BCUT2D eigenvalue weighted by Gasteiger charge is 2.17. The van der Waals surface area contributed by atoms with E-state index in [0.717, 1.165) is 20.9 Å². The van der Waals surface area contributed by atoms with E-state index in [2.05, 4.69) is 11.1 Å². The smallest absolute Gasteiger partial charge is 0.142 e. The predicted molar refractivity (Wildman–Crippen MR) is 100.0 cm³/mol. The van der Waals surface area contributed by atoms with E-state index in [9.17, 15) is 5.26 Å². The van der Waals surface area contributed by atoms with Crippen molar-refractivity contribution < 1.29 is 9.47 Å². The van der Waals surface area contributed by atoms with Gasteiger partial charge < -0.3 is 15.2 Å². The van der Waals surface area contributed by atoms with E-state index in [1.165, 1.54) is 0 Å². The molecule has 2 N–H and O–H groups in total. The van der Waals surface area contributed by atoms with Crippen LogP contribution in [0.15, 0.2) is 36.4 Å². The van der Waals surface area contributed by atoms with Crippen molar-refractivity contribution in [2.45, 2.75) is 6.92 Å². The Kier molecular flexibility index (Phi) is 4.59. The summed E-state index contributed by atoms with van der Waals surface area (Å²) in [4.78, 5) is 6.56. The molecule has 6 heteroatoms. The van der Waals surface area contributed by atoms with Crippen molar-refractivity contribution in [2.24, 2.45) is 0 Å². The molecule has 25 heavy (non-hydrogen) atoms. The number of nitrogen functional groups attached to an aromatic ring is 1. The molecule has 0 aliphatic carbocycles. The first-order chi connectivity index (χ1) is 12.1. The topological polar surface area (TPSA) is 81.2 Å². The summed E-state index contributed by atoms with van der Waals surface area (Å²) in [5, 5.41) is 9.50. The van der Waals surface area contributed by atoms with Gasteiger partial charge in [-0.2, -0.15) is 5.26 Å². The fraction of sp³-hybridized carbons (Fsp3) is 0.158. The Hall–Kier alpha value is -3.04. The zero-order valence-electron chi connectivity index (χ0n) is 14.2. The summed E-state index contributed by atoms with van der Waals surface area (Å²) in [6.07, 6.45) is 0. The molecule has 0 spiro atoms. The molecule has 0 amide bonds. The lowest BCUT2D eigenvalue weighted by atomic mass is 10.0. The summed E-state index contributed by atoms with van der Waals surface area (Å²) in [5.74, 6) is 1.55. The van der Waals surface area contributed by atoms with Gasteiger partial charge in [-0.1, -0.05) is 0 Å². The minimum Gasteiger partial charge on any atom is -0.497 e. The first-order valence-electron chi connectivity index (χ1n) is 7.57. The quantitative estimate of drug-likeness (QED) is 0.759. The maximum atomic E-state index is 9.50. The van der Waals surface area contributed by atoms with Crippen LogP contribution in [0.3, 0.4) is 0 Å². The van der Waals surface area contributed by atoms with Gasteiger partial charge in [-0.3, -0.25) is 0 Å². The number of thiophene rings is 1. The number of hydrogen-bond donors (Lipinski definition) is 1. The molecule has 0 saturated heterocycles.